The van der Waals surface area contributed by atoms with Gasteiger partial charge in [-0.05, 0) is 43.9 Å². The number of hydrogen-bond acceptors (Lipinski definition) is 4. The van der Waals surface area contributed by atoms with Gasteiger partial charge in [0, 0.05) is 11.1 Å². The molecule has 2 N–H and O–H groups in total. The molecule has 0 unspecified atom stereocenters. The largest absolute Gasteiger partial charge is 0.474 e. The summed E-state index contributed by atoms with van der Waals surface area (Å²) in [4.78, 5) is 8.45. The highest BCUT2D eigenvalue weighted by Crippen LogP contribution is 2.28. The highest BCUT2D eigenvalue weighted by atomic mass is 35.5. The van der Waals surface area contributed by atoms with Crippen molar-refractivity contribution in [3.8, 4) is 5.88 Å². The molecule has 4 nitrogen and oxygen atoms in total. The predicted molar refractivity (Wildman–Crippen MR) is 75.4 cm³/mol. The van der Waals surface area contributed by atoms with Crippen LogP contribution < -0.4 is 10.5 Å². The molecule has 1 heterocycles. The molecule has 0 spiro atoms. The zero-order chi connectivity index (χ0) is 13.2. The van der Waals surface area contributed by atoms with Crippen molar-refractivity contribution < 1.29 is 4.74 Å². The molecule has 19 heavy (non-hydrogen) atoms. The molecule has 1 aromatic heterocycles. The summed E-state index contributed by atoms with van der Waals surface area (Å²) in [5.74, 6) is 0.641. The summed E-state index contributed by atoms with van der Waals surface area (Å²) >= 11 is 5.96. The number of rotatable bonds is 2. The number of ether oxygens (including phenoxy) is 1. The van der Waals surface area contributed by atoms with Gasteiger partial charge in [0.05, 0.1) is 10.9 Å². The molecule has 1 fully saturated rings. The van der Waals surface area contributed by atoms with E-state index >= 15 is 0 Å². The Kier molecular flexibility index (Phi) is 3.53. The van der Waals surface area contributed by atoms with E-state index in [4.69, 9.17) is 22.1 Å². The van der Waals surface area contributed by atoms with Crippen molar-refractivity contribution in [1.29, 1.82) is 0 Å². The third kappa shape index (κ3) is 2.80. The molecule has 1 aromatic carbocycles. The second-order valence-corrected chi connectivity index (χ2v) is 5.43. The van der Waals surface area contributed by atoms with Gasteiger partial charge in [-0.1, -0.05) is 11.6 Å². The number of benzene rings is 1. The van der Waals surface area contributed by atoms with E-state index in [0.717, 1.165) is 36.6 Å². The first kappa shape index (κ1) is 12.6. The van der Waals surface area contributed by atoms with Crippen molar-refractivity contribution in [2.24, 2.45) is 5.73 Å². The second-order valence-electron chi connectivity index (χ2n) is 4.99. The number of nitrogens with two attached hydrogens (primary N) is 1. The molecule has 0 bridgehead atoms. The number of fused-ring (bicyclic) bond motifs is 1. The molecule has 1 aliphatic carbocycles. The number of hydrogen-bond donors (Lipinski definition) is 1. The normalized spacial score (nSPS) is 23.5. The molecule has 0 amide bonds. The third-order valence-corrected chi connectivity index (χ3v) is 3.79. The SMILES string of the molecule is NC1CCC(Oc2ncnc3cc(Cl)ccc23)CC1. The van der Waals surface area contributed by atoms with E-state index in [9.17, 15) is 0 Å². The minimum Gasteiger partial charge on any atom is -0.474 e. The van der Waals surface area contributed by atoms with Gasteiger partial charge in [0.1, 0.15) is 12.4 Å². The van der Waals surface area contributed by atoms with Crippen LogP contribution in [0.2, 0.25) is 5.02 Å². The number of aromatic nitrogens is 2. The molecule has 0 saturated heterocycles. The highest BCUT2D eigenvalue weighted by molar-refractivity contribution is 6.31. The fourth-order valence-electron chi connectivity index (χ4n) is 2.46. The Bertz CT molecular complexity index is 582. The Morgan fingerprint density at radius 3 is 2.74 bits per heavy atom. The van der Waals surface area contributed by atoms with E-state index in [-0.39, 0.29) is 6.10 Å². The molecular weight excluding hydrogens is 262 g/mol. The first-order valence-electron chi connectivity index (χ1n) is 6.55. The molecule has 0 aliphatic heterocycles. The van der Waals surface area contributed by atoms with Gasteiger partial charge in [-0.2, -0.15) is 0 Å². The van der Waals surface area contributed by atoms with E-state index in [0.29, 0.717) is 16.9 Å². The lowest BCUT2D eigenvalue weighted by atomic mass is 9.94. The van der Waals surface area contributed by atoms with E-state index in [1.165, 1.54) is 6.33 Å². The Labute approximate surface area is 116 Å². The fourth-order valence-corrected chi connectivity index (χ4v) is 2.63. The van der Waals surface area contributed by atoms with Gasteiger partial charge >= 0.3 is 0 Å². The van der Waals surface area contributed by atoms with E-state index in [1.54, 1.807) is 0 Å². The Morgan fingerprint density at radius 2 is 1.95 bits per heavy atom. The minimum atomic E-state index is 0.202. The monoisotopic (exact) mass is 277 g/mol. The lowest BCUT2D eigenvalue weighted by Crippen LogP contribution is -2.31. The Hall–Kier alpha value is -1.39. The molecule has 1 aliphatic rings. The van der Waals surface area contributed by atoms with Crippen molar-refractivity contribution in [3.05, 3.63) is 29.5 Å². The summed E-state index contributed by atoms with van der Waals surface area (Å²) in [5, 5.41) is 1.57. The fraction of sp³-hybridized carbons (Fsp3) is 0.429. The van der Waals surface area contributed by atoms with Gasteiger partial charge in [-0.3, -0.25) is 0 Å². The van der Waals surface area contributed by atoms with Gasteiger partial charge in [-0.25, -0.2) is 9.97 Å². The first-order chi connectivity index (χ1) is 9.22. The van der Waals surface area contributed by atoms with Crippen LogP contribution in [0.15, 0.2) is 24.5 Å². The van der Waals surface area contributed by atoms with E-state index in [1.807, 2.05) is 18.2 Å². The summed E-state index contributed by atoms with van der Waals surface area (Å²) in [6, 6.07) is 5.88. The minimum absolute atomic E-state index is 0.202. The zero-order valence-corrected chi connectivity index (χ0v) is 11.3. The van der Waals surface area contributed by atoms with E-state index < -0.39 is 0 Å². The van der Waals surface area contributed by atoms with E-state index in [2.05, 4.69) is 9.97 Å². The molecule has 100 valence electrons. The van der Waals surface area contributed by atoms with Crippen molar-refractivity contribution in [1.82, 2.24) is 9.97 Å². The lowest BCUT2D eigenvalue weighted by molar-refractivity contribution is 0.143. The average molecular weight is 278 g/mol. The topological polar surface area (TPSA) is 61.0 Å². The van der Waals surface area contributed by atoms with Crippen molar-refractivity contribution in [3.63, 3.8) is 0 Å². The Balaban J connectivity index is 1.84. The smallest absolute Gasteiger partial charge is 0.224 e. The molecule has 5 heteroatoms. The van der Waals surface area contributed by atoms with Crippen LogP contribution in [0.3, 0.4) is 0 Å². The van der Waals surface area contributed by atoms with Crippen LogP contribution >= 0.6 is 11.6 Å². The van der Waals surface area contributed by atoms with Gasteiger partial charge < -0.3 is 10.5 Å². The molecule has 3 rings (SSSR count). The quantitative estimate of drug-likeness (QED) is 0.917. The van der Waals surface area contributed by atoms with Crippen LogP contribution in [0.1, 0.15) is 25.7 Å². The van der Waals surface area contributed by atoms with Crippen molar-refractivity contribution in [2.75, 3.05) is 0 Å². The highest BCUT2D eigenvalue weighted by Gasteiger charge is 2.21. The maximum Gasteiger partial charge on any atom is 0.224 e. The Morgan fingerprint density at radius 1 is 1.16 bits per heavy atom. The summed E-state index contributed by atoms with van der Waals surface area (Å²) in [6.07, 6.45) is 5.72. The van der Waals surface area contributed by atoms with Crippen LogP contribution in [0.25, 0.3) is 10.9 Å². The first-order valence-corrected chi connectivity index (χ1v) is 6.92. The van der Waals surface area contributed by atoms with Crippen LogP contribution in [-0.4, -0.2) is 22.1 Å². The maximum absolute atomic E-state index is 6.01. The molecule has 2 aromatic rings. The zero-order valence-electron chi connectivity index (χ0n) is 10.6. The van der Waals surface area contributed by atoms with Gasteiger partial charge in [0.25, 0.3) is 0 Å². The van der Waals surface area contributed by atoms with Crippen LogP contribution in [-0.2, 0) is 0 Å². The second kappa shape index (κ2) is 5.31. The standard InChI is InChI=1S/C14H16ClN3O/c15-9-1-6-12-13(7-9)17-8-18-14(12)19-11-4-2-10(16)3-5-11/h1,6-8,10-11H,2-5,16H2. The van der Waals surface area contributed by atoms with Crippen LogP contribution in [0.4, 0.5) is 0 Å². The molecule has 0 atom stereocenters. The number of halogens is 1. The van der Waals surface area contributed by atoms with Gasteiger partial charge in [-0.15, -0.1) is 0 Å². The predicted octanol–water partition coefficient (Wildman–Crippen LogP) is 2.93. The molecular formula is C14H16ClN3O. The van der Waals surface area contributed by atoms with Crippen LogP contribution in [0.5, 0.6) is 5.88 Å². The van der Waals surface area contributed by atoms with Gasteiger partial charge in [0.15, 0.2) is 0 Å². The van der Waals surface area contributed by atoms with Crippen LogP contribution in [0, 0.1) is 0 Å². The average Bonchev–Trinajstić information content (AvgIpc) is 2.41. The maximum atomic E-state index is 6.01. The third-order valence-electron chi connectivity index (χ3n) is 3.56. The summed E-state index contributed by atoms with van der Waals surface area (Å²) in [7, 11) is 0. The molecule has 0 radical (unpaired) electrons. The summed E-state index contributed by atoms with van der Waals surface area (Å²) in [6.45, 7) is 0. The lowest BCUT2D eigenvalue weighted by Gasteiger charge is -2.26. The van der Waals surface area contributed by atoms with Crippen molar-refractivity contribution in [2.45, 2.75) is 37.8 Å². The molecule has 1 saturated carbocycles. The number of nitrogens with zero attached hydrogens (tertiary/aromatic N) is 2. The van der Waals surface area contributed by atoms with Gasteiger partial charge in [0.2, 0.25) is 5.88 Å². The summed E-state index contributed by atoms with van der Waals surface area (Å²) in [5.41, 5.74) is 6.71. The van der Waals surface area contributed by atoms with Crippen molar-refractivity contribution >= 4 is 22.5 Å². The summed E-state index contributed by atoms with van der Waals surface area (Å²) < 4.78 is 6.01.